The smallest absolute Gasteiger partial charge is 0.263 e. The molecule has 3 rings (SSSR count). The van der Waals surface area contributed by atoms with Gasteiger partial charge in [-0.1, -0.05) is 12.1 Å². The van der Waals surface area contributed by atoms with Gasteiger partial charge in [0.2, 0.25) is 0 Å². The van der Waals surface area contributed by atoms with E-state index >= 15 is 0 Å². The van der Waals surface area contributed by atoms with E-state index < -0.39 is 0 Å². The van der Waals surface area contributed by atoms with Crippen LogP contribution < -0.4 is 16.1 Å². The van der Waals surface area contributed by atoms with Crippen LogP contribution in [0.5, 0.6) is 0 Å². The minimum absolute atomic E-state index is 0.138. The molecule has 3 N–H and O–H groups in total. The number of aromatic amines is 1. The average Bonchev–Trinajstić information content (AvgIpc) is 2.84. The lowest BCUT2D eigenvalue weighted by Crippen LogP contribution is -2.33. The lowest BCUT2D eigenvalue weighted by Gasteiger charge is -2.18. The van der Waals surface area contributed by atoms with Gasteiger partial charge >= 0.3 is 0 Å². The van der Waals surface area contributed by atoms with Crippen molar-refractivity contribution in [3.63, 3.8) is 0 Å². The number of H-pyrrole nitrogens is 1. The molecule has 2 heterocycles. The number of aromatic nitrogens is 1. The van der Waals surface area contributed by atoms with Crippen molar-refractivity contribution in [1.29, 1.82) is 0 Å². The number of fused-ring (bicyclic) bond motifs is 1. The van der Waals surface area contributed by atoms with Crippen molar-refractivity contribution in [3.8, 4) is 0 Å². The van der Waals surface area contributed by atoms with Gasteiger partial charge < -0.3 is 15.6 Å². The second-order valence-corrected chi connectivity index (χ2v) is 4.48. The molecule has 96 valence electrons. The first-order valence-corrected chi connectivity index (χ1v) is 6.05. The highest BCUT2D eigenvalue weighted by Crippen LogP contribution is 2.34. The first-order valence-electron chi connectivity index (χ1n) is 6.05. The zero-order chi connectivity index (χ0) is 13.4. The van der Waals surface area contributed by atoms with E-state index in [1.54, 1.807) is 11.0 Å². The summed E-state index contributed by atoms with van der Waals surface area (Å²) in [6.07, 6.45) is 3.70. The molecular formula is C14H13N3O2. The molecule has 5 heteroatoms. The van der Waals surface area contributed by atoms with Gasteiger partial charge in [0, 0.05) is 25.0 Å². The van der Waals surface area contributed by atoms with Crippen LogP contribution in [0, 0.1) is 0 Å². The van der Waals surface area contributed by atoms with Crippen LogP contribution in [-0.4, -0.2) is 17.4 Å². The number of amides is 1. The van der Waals surface area contributed by atoms with Crippen LogP contribution in [0.15, 0.2) is 41.5 Å². The summed E-state index contributed by atoms with van der Waals surface area (Å²) in [7, 11) is 0. The molecule has 0 fully saturated rings. The minimum atomic E-state index is -0.307. The van der Waals surface area contributed by atoms with Crippen LogP contribution in [0.2, 0.25) is 0 Å². The predicted octanol–water partition coefficient (Wildman–Crippen LogP) is 1.16. The number of anilines is 2. The first-order chi connectivity index (χ1) is 9.18. The second kappa shape index (κ2) is 4.28. The Kier molecular flexibility index (Phi) is 2.59. The lowest BCUT2D eigenvalue weighted by molar-refractivity contribution is 0.0988. The van der Waals surface area contributed by atoms with Crippen LogP contribution in [0.3, 0.4) is 0 Å². The van der Waals surface area contributed by atoms with Crippen LogP contribution >= 0.6 is 0 Å². The van der Waals surface area contributed by atoms with Crippen LogP contribution in [0.4, 0.5) is 11.4 Å². The highest BCUT2D eigenvalue weighted by molar-refractivity contribution is 6.08. The number of nitrogens with one attached hydrogen (secondary N) is 1. The fourth-order valence-corrected chi connectivity index (χ4v) is 2.42. The topological polar surface area (TPSA) is 79.2 Å². The molecule has 0 spiro atoms. The van der Waals surface area contributed by atoms with Gasteiger partial charge in [-0.2, -0.15) is 0 Å². The Morgan fingerprint density at radius 1 is 1.32 bits per heavy atom. The summed E-state index contributed by atoms with van der Waals surface area (Å²) in [5.74, 6) is -0.307. The van der Waals surface area contributed by atoms with E-state index in [1.165, 1.54) is 18.5 Å². The number of nitrogens with zero attached hydrogens (tertiary/aromatic N) is 1. The molecular weight excluding hydrogens is 242 g/mol. The van der Waals surface area contributed by atoms with Gasteiger partial charge in [-0.3, -0.25) is 9.59 Å². The third-order valence-corrected chi connectivity index (χ3v) is 3.33. The summed E-state index contributed by atoms with van der Waals surface area (Å²) in [6, 6.07) is 6.93. The largest absolute Gasteiger partial charge is 0.397 e. The maximum absolute atomic E-state index is 12.4. The van der Waals surface area contributed by atoms with E-state index in [2.05, 4.69) is 4.98 Å². The van der Waals surface area contributed by atoms with Gasteiger partial charge in [-0.25, -0.2) is 0 Å². The van der Waals surface area contributed by atoms with Gasteiger partial charge in [-0.15, -0.1) is 0 Å². The zero-order valence-corrected chi connectivity index (χ0v) is 10.2. The maximum atomic E-state index is 12.4. The number of hydrogen-bond donors (Lipinski definition) is 2. The quantitative estimate of drug-likeness (QED) is 0.750. The van der Waals surface area contributed by atoms with Crippen LogP contribution in [-0.2, 0) is 6.42 Å². The van der Waals surface area contributed by atoms with E-state index in [9.17, 15) is 9.59 Å². The van der Waals surface area contributed by atoms with E-state index in [4.69, 9.17) is 5.73 Å². The van der Waals surface area contributed by atoms with E-state index in [-0.39, 0.29) is 16.9 Å². The zero-order valence-electron chi connectivity index (χ0n) is 10.2. The highest BCUT2D eigenvalue weighted by Gasteiger charge is 2.28. The Morgan fingerprint density at radius 3 is 2.95 bits per heavy atom. The summed E-state index contributed by atoms with van der Waals surface area (Å²) in [6.45, 7) is 0.552. The number of carbonyl (C=O) groups is 1. The molecule has 19 heavy (non-hydrogen) atoms. The van der Waals surface area contributed by atoms with Gasteiger partial charge in [0.05, 0.1) is 11.4 Å². The predicted molar refractivity (Wildman–Crippen MR) is 73.3 cm³/mol. The molecule has 1 amide bonds. The monoisotopic (exact) mass is 255 g/mol. The molecule has 0 saturated heterocycles. The number of nitrogens with two attached hydrogens (primary N) is 1. The van der Waals surface area contributed by atoms with E-state index in [0.29, 0.717) is 12.2 Å². The first kappa shape index (κ1) is 11.5. The van der Waals surface area contributed by atoms with Crippen molar-refractivity contribution < 1.29 is 4.79 Å². The fraction of sp³-hybridized carbons (Fsp3) is 0.143. The summed E-state index contributed by atoms with van der Waals surface area (Å²) >= 11 is 0. The number of para-hydroxylation sites is 1. The van der Waals surface area contributed by atoms with Crippen molar-refractivity contribution in [2.75, 3.05) is 17.2 Å². The number of pyridine rings is 1. The third-order valence-electron chi connectivity index (χ3n) is 3.33. The molecule has 1 aromatic carbocycles. The average molecular weight is 255 g/mol. The molecule has 0 unspecified atom stereocenters. The Morgan fingerprint density at radius 2 is 2.16 bits per heavy atom. The van der Waals surface area contributed by atoms with Crippen LogP contribution in [0.25, 0.3) is 0 Å². The van der Waals surface area contributed by atoms with E-state index in [0.717, 1.165) is 17.7 Å². The Labute approximate surface area is 109 Å². The highest BCUT2D eigenvalue weighted by atomic mass is 16.2. The SMILES string of the molecule is Nc1cccc2c1N(C(=O)c1c[nH]ccc1=O)CC2. The van der Waals surface area contributed by atoms with Gasteiger partial charge in [-0.05, 0) is 18.1 Å². The molecule has 1 aliphatic rings. The van der Waals surface area contributed by atoms with Gasteiger partial charge in [0.15, 0.2) is 5.43 Å². The van der Waals surface area contributed by atoms with E-state index in [1.807, 2.05) is 12.1 Å². The molecule has 0 saturated carbocycles. The normalized spacial score (nSPS) is 13.4. The number of nitrogen functional groups attached to an aromatic ring is 1. The summed E-state index contributed by atoms with van der Waals surface area (Å²) in [4.78, 5) is 28.5. The number of rotatable bonds is 1. The van der Waals surface area contributed by atoms with Crippen molar-refractivity contribution in [2.45, 2.75) is 6.42 Å². The Balaban J connectivity index is 2.06. The second-order valence-electron chi connectivity index (χ2n) is 4.48. The fourth-order valence-electron chi connectivity index (χ4n) is 2.42. The van der Waals surface area contributed by atoms with Crippen molar-refractivity contribution in [3.05, 3.63) is 58.0 Å². The molecule has 0 radical (unpaired) electrons. The standard InChI is InChI=1S/C14H13N3O2/c15-11-3-1-2-9-5-7-17(13(9)11)14(19)10-8-16-6-4-12(10)18/h1-4,6,8H,5,7,15H2,(H,16,18). The Bertz CT molecular complexity index is 706. The minimum Gasteiger partial charge on any atom is -0.397 e. The third kappa shape index (κ3) is 1.79. The number of benzene rings is 1. The molecule has 1 aromatic heterocycles. The number of carbonyl (C=O) groups excluding carboxylic acids is 1. The van der Waals surface area contributed by atoms with Crippen molar-refractivity contribution in [1.82, 2.24) is 4.98 Å². The maximum Gasteiger partial charge on any atom is 0.263 e. The van der Waals surface area contributed by atoms with Crippen molar-refractivity contribution in [2.24, 2.45) is 0 Å². The van der Waals surface area contributed by atoms with Crippen molar-refractivity contribution >= 4 is 17.3 Å². The molecule has 0 aliphatic carbocycles. The Hall–Kier alpha value is -2.56. The van der Waals surface area contributed by atoms with Gasteiger partial charge in [0.25, 0.3) is 5.91 Å². The molecule has 0 atom stereocenters. The number of hydrogen-bond acceptors (Lipinski definition) is 3. The molecule has 5 nitrogen and oxygen atoms in total. The molecule has 2 aromatic rings. The summed E-state index contributed by atoms with van der Waals surface area (Å²) in [5.41, 5.74) is 8.13. The van der Waals surface area contributed by atoms with Crippen LogP contribution in [0.1, 0.15) is 15.9 Å². The summed E-state index contributed by atoms with van der Waals surface area (Å²) < 4.78 is 0. The van der Waals surface area contributed by atoms with Gasteiger partial charge in [0.1, 0.15) is 5.56 Å². The molecule has 1 aliphatic heterocycles. The summed E-state index contributed by atoms with van der Waals surface area (Å²) in [5, 5.41) is 0. The lowest BCUT2D eigenvalue weighted by atomic mass is 10.1. The molecule has 0 bridgehead atoms.